The number of halogens is 1. The summed E-state index contributed by atoms with van der Waals surface area (Å²) in [5.74, 6) is 0.701. The fourth-order valence-electron chi connectivity index (χ4n) is 4.06. The number of nitrogens with zero attached hydrogens (tertiary/aromatic N) is 2. The second-order valence-corrected chi connectivity index (χ2v) is 10.2. The first-order chi connectivity index (χ1) is 16.3. The summed E-state index contributed by atoms with van der Waals surface area (Å²) >= 11 is 0.427. The van der Waals surface area contributed by atoms with Crippen molar-refractivity contribution in [1.29, 1.82) is 0 Å². The molecule has 1 aliphatic rings. The van der Waals surface area contributed by atoms with E-state index < -0.39 is 0 Å². The molecule has 0 radical (unpaired) electrons. The maximum Gasteiger partial charge on any atom is 0.224 e. The van der Waals surface area contributed by atoms with E-state index in [0.717, 1.165) is 35.4 Å². The number of aromatic nitrogens is 1. The molecule has 4 nitrogen and oxygen atoms in total. The SMILES string of the molecule is CC(=O)N(Cc1ccccc1OC1CCC(C)(SF)C1)c1cnccc1C.Cc1ccccc1. The predicted octanol–water partition coefficient (Wildman–Crippen LogP) is 7.25. The van der Waals surface area contributed by atoms with Crippen molar-refractivity contribution in [2.24, 2.45) is 0 Å². The van der Waals surface area contributed by atoms with E-state index in [1.807, 2.05) is 62.4 Å². The minimum absolute atomic E-state index is 0.00898. The number of carbonyl (C=O) groups is 1. The topological polar surface area (TPSA) is 42.4 Å². The zero-order chi connectivity index (χ0) is 24.6. The highest BCUT2D eigenvalue weighted by molar-refractivity contribution is 7.95. The summed E-state index contributed by atoms with van der Waals surface area (Å²) in [5, 5.41) is 0. The molecule has 1 fully saturated rings. The van der Waals surface area contributed by atoms with Crippen LogP contribution in [-0.2, 0) is 11.3 Å². The van der Waals surface area contributed by atoms with Gasteiger partial charge in [0.25, 0.3) is 0 Å². The highest BCUT2D eigenvalue weighted by atomic mass is 32.2. The Balaban J connectivity index is 0.000000396. The van der Waals surface area contributed by atoms with Gasteiger partial charge in [0.05, 0.1) is 30.6 Å². The van der Waals surface area contributed by atoms with Gasteiger partial charge >= 0.3 is 0 Å². The maximum atomic E-state index is 13.2. The van der Waals surface area contributed by atoms with Crippen LogP contribution >= 0.6 is 12.1 Å². The average molecular weight is 481 g/mol. The van der Waals surface area contributed by atoms with Crippen LogP contribution in [0.15, 0.2) is 73.1 Å². The Morgan fingerprint density at radius 3 is 2.44 bits per heavy atom. The Morgan fingerprint density at radius 1 is 1.15 bits per heavy atom. The lowest BCUT2D eigenvalue weighted by molar-refractivity contribution is -0.116. The van der Waals surface area contributed by atoms with Crippen LogP contribution in [-0.4, -0.2) is 21.7 Å². The number of para-hydroxylation sites is 1. The van der Waals surface area contributed by atoms with Crippen LogP contribution in [0.25, 0.3) is 0 Å². The van der Waals surface area contributed by atoms with E-state index in [9.17, 15) is 8.68 Å². The molecule has 1 amide bonds. The van der Waals surface area contributed by atoms with Gasteiger partial charge in [-0.3, -0.25) is 9.78 Å². The molecule has 34 heavy (non-hydrogen) atoms. The first-order valence-corrected chi connectivity index (χ1v) is 12.3. The molecule has 1 aromatic heterocycles. The molecular formula is C28H33FN2O2S. The molecule has 2 aromatic carbocycles. The molecule has 1 aliphatic carbocycles. The van der Waals surface area contributed by atoms with E-state index in [4.69, 9.17) is 4.74 Å². The van der Waals surface area contributed by atoms with Gasteiger partial charge in [0.2, 0.25) is 5.91 Å². The number of aryl methyl sites for hydroxylation is 2. The third kappa shape index (κ3) is 7.07. The number of benzene rings is 2. The van der Waals surface area contributed by atoms with Gasteiger partial charge in [-0.1, -0.05) is 54.1 Å². The van der Waals surface area contributed by atoms with Gasteiger partial charge in [-0.25, -0.2) is 0 Å². The number of hydrogen-bond acceptors (Lipinski definition) is 4. The molecule has 2 unspecified atom stereocenters. The molecule has 0 bridgehead atoms. The fraction of sp³-hybridized carbons (Fsp3) is 0.357. The molecular weight excluding hydrogens is 447 g/mol. The Labute approximate surface area is 206 Å². The second kappa shape index (κ2) is 12.0. The lowest BCUT2D eigenvalue weighted by atomic mass is 10.1. The van der Waals surface area contributed by atoms with Gasteiger partial charge < -0.3 is 9.64 Å². The van der Waals surface area contributed by atoms with Crippen molar-refractivity contribution in [1.82, 2.24) is 4.98 Å². The third-order valence-corrected chi connectivity index (χ3v) is 6.80. The highest BCUT2D eigenvalue weighted by Crippen LogP contribution is 2.43. The summed E-state index contributed by atoms with van der Waals surface area (Å²) in [6.07, 6.45) is 5.73. The molecule has 3 aromatic rings. The molecule has 4 rings (SSSR count). The first-order valence-electron chi connectivity index (χ1n) is 11.6. The van der Waals surface area contributed by atoms with Crippen molar-refractivity contribution in [3.05, 3.63) is 89.7 Å². The van der Waals surface area contributed by atoms with Gasteiger partial charge in [-0.2, -0.15) is 3.89 Å². The largest absolute Gasteiger partial charge is 0.490 e. The summed E-state index contributed by atoms with van der Waals surface area (Å²) in [4.78, 5) is 18.2. The smallest absolute Gasteiger partial charge is 0.224 e. The minimum atomic E-state index is -0.363. The zero-order valence-corrected chi connectivity index (χ0v) is 21.1. The third-order valence-electron chi connectivity index (χ3n) is 6.06. The lowest BCUT2D eigenvalue weighted by Gasteiger charge is -2.25. The molecule has 2 atom stereocenters. The van der Waals surface area contributed by atoms with E-state index in [1.54, 1.807) is 24.2 Å². The van der Waals surface area contributed by atoms with E-state index in [2.05, 4.69) is 24.0 Å². The zero-order valence-electron chi connectivity index (χ0n) is 20.3. The van der Waals surface area contributed by atoms with Crippen LogP contribution in [0.1, 0.15) is 49.8 Å². The van der Waals surface area contributed by atoms with E-state index in [-0.39, 0.29) is 16.8 Å². The van der Waals surface area contributed by atoms with Gasteiger partial charge in [0.1, 0.15) is 11.9 Å². The Hall–Kier alpha value is -2.86. The summed E-state index contributed by atoms with van der Waals surface area (Å²) in [7, 11) is 0. The van der Waals surface area contributed by atoms with Crippen molar-refractivity contribution in [3.63, 3.8) is 0 Å². The number of rotatable bonds is 6. The number of hydrogen-bond donors (Lipinski definition) is 0. The standard InChI is InChI=1S/C21H25FN2O2S.C7H8/c1-15-9-11-23-13-19(15)24(16(2)25)14-17-6-4-5-7-20(17)26-18-8-10-21(3,12-18)27-22;1-7-5-3-2-4-6-7/h4-7,9,11,13,18H,8,10,12,14H2,1-3H3;2-6H,1H3. The van der Waals surface area contributed by atoms with Gasteiger partial charge in [0.15, 0.2) is 0 Å². The molecule has 180 valence electrons. The number of anilines is 1. The van der Waals surface area contributed by atoms with Gasteiger partial charge in [0, 0.05) is 29.9 Å². The molecule has 6 heteroatoms. The normalized spacial score (nSPS) is 19.1. The maximum absolute atomic E-state index is 13.2. The Morgan fingerprint density at radius 2 is 1.85 bits per heavy atom. The predicted molar refractivity (Wildman–Crippen MR) is 139 cm³/mol. The van der Waals surface area contributed by atoms with Crippen molar-refractivity contribution in [2.45, 2.75) is 64.4 Å². The molecule has 1 heterocycles. The summed E-state index contributed by atoms with van der Waals surface area (Å²) < 4.78 is 19.0. The van der Waals surface area contributed by atoms with Crippen LogP contribution in [0.4, 0.5) is 9.57 Å². The van der Waals surface area contributed by atoms with Crippen molar-refractivity contribution in [3.8, 4) is 5.75 Å². The number of ether oxygens (including phenoxy) is 1. The number of amides is 1. The molecule has 0 aliphatic heterocycles. The summed E-state index contributed by atoms with van der Waals surface area (Å²) in [5.41, 5.74) is 4.03. The number of pyridine rings is 1. The van der Waals surface area contributed by atoms with Crippen molar-refractivity contribution >= 4 is 23.7 Å². The van der Waals surface area contributed by atoms with Gasteiger partial charge in [-0.15, -0.1) is 0 Å². The van der Waals surface area contributed by atoms with Crippen molar-refractivity contribution in [2.75, 3.05) is 4.90 Å². The Bertz CT molecular complexity index is 1080. The highest BCUT2D eigenvalue weighted by Gasteiger charge is 2.38. The first kappa shape index (κ1) is 25.8. The Kier molecular flexibility index (Phi) is 9.11. The average Bonchev–Trinajstić information content (AvgIpc) is 3.21. The quantitative estimate of drug-likeness (QED) is 0.373. The summed E-state index contributed by atoms with van der Waals surface area (Å²) in [6, 6.07) is 19.9. The van der Waals surface area contributed by atoms with Crippen molar-refractivity contribution < 1.29 is 13.4 Å². The van der Waals surface area contributed by atoms with E-state index in [1.165, 1.54) is 5.56 Å². The van der Waals surface area contributed by atoms with E-state index >= 15 is 0 Å². The molecule has 0 saturated heterocycles. The van der Waals surface area contributed by atoms with Crippen LogP contribution in [0, 0.1) is 13.8 Å². The van der Waals surface area contributed by atoms with Crippen LogP contribution in [0.3, 0.4) is 0 Å². The lowest BCUT2D eigenvalue weighted by Crippen LogP contribution is -2.29. The fourth-order valence-corrected chi connectivity index (χ4v) is 4.50. The van der Waals surface area contributed by atoms with E-state index in [0.29, 0.717) is 25.1 Å². The second-order valence-electron chi connectivity index (χ2n) is 9.04. The molecule has 0 spiro atoms. The monoisotopic (exact) mass is 480 g/mol. The molecule has 0 N–H and O–H groups in total. The van der Waals surface area contributed by atoms with Gasteiger partial charge in [-0.05, 0) is 51.3 Å². The number of carbonyl (C=O) groups excluding carboxylic acids is 1. The minimum Gasteiger partial charge on any atom is -0.490 e. The molecule has 1 saturated carbocycles. The van der Waals surface area contributed by atoms with Crippen LogP contribution in [0.5, 0.6) is 5.75 Å². The summed E-state index contributed by atoms with van der Waals surface area (Å²) in [6.45, 7) is 7.94. The van der Waals surface area contributed by atoms with Crippen LogP contribution in [0.2, 0.25) is 0 Å². The van der Waals surface area contributed by atoms with Crippen LogP contribution < -0.4 is 9.64 Å².